The summed E-state index contributed by atoms with van der Waals surface area (Å²) >= 11 is 1.48. The van der Waals surface area contributed by atoms with Crippen LogP contribution in [0, 0.1) is 13.8 Å². The zero-order chi connectivity index (χ0) is 13.8. The van der Waals surface area contributed by atoms with E-state index in [1.54, 1.807) is 0 Å². The fourth-order valence-corrected chi connectivity index (χ4v) is 2.70. The van der Waals surface area contributed by atoms with Crippen LogP contribution in [0.5, 0.6) is 0 Å². The van der Waals surface area contributed by atoms with Gasteiger partial charge in [0, 0.05) is 11.4 Å². The summed E-state index contributed by atoms with van der Waals surface area (Å²) in [5.74, 6) is -0.129. The predicted molar refractivity (Wildman–Crippen MR) is 77.5 cm³/mol. The second-order valence-corrected chi connectivity index (χ2v) is 5.74. The quantitative estimate of drug-likeness (QED) is 0.901. The smallest absolute Gasteiger partial charge is 0.261 e. The number of carbonyl (C=O) groups is 1. The van der Waals surface area contributed by atoms with E-state index in [0.29, 0.717) is 4.88 Å². The third-order valence-corrected chi connectivity index (χ3v) is 4.18. The summed E-state index contributed by atoms with van der Waals surface area (Å²) in [6.07, 6.45) is -0.674. The van der Waals surface area contributed by atoms with E-state index >= 15 is 0 Å². The lowest BCUT2D eigenvalue weighted by atomic mass is 10.1. The Hall–Kier alpha value is -1.65. The second-order valence-electron chi connectivity index (χ2n) is 4.49. The van der Waals surface area contributed by atoms with Crippen molar-refractivity contribution in [1.29, 1.82) is 0 Å². The zero-order valence-corrected chi connectivity index (χ0v) is 11.8. The highest BCUT2D eigenvalue weighted by atomic mass is 32.1. The van der Waals surface area contributed by atoms with Crippen LogP contribution in [0.25, 0.3) is 0 Å². The standard InChI is InChI=1S/C15H17NO2S/c1-10-8-14(19-11(10)2)15(18)16-9-13(17)12-6-4-3-5-7-12/h3-8,13,17H,9H2,1-2H3,(H,16,18)/t13-/m1/s1. The highest BCUT2D eigenvalue weighted by Gasteiger charge is 2.13. The largest absolute Gasteiger partial charge is 0.387 e. The molecule has 1 atom stereocenters. The van der Waals surface area contributed by atoms with Gasteiger partial charge in [-0.05, 0) is 31.0 Å². The van der Waals surface area contributed by atoms with Crippen LogP contribution in [-0.4, -0.2) is 17.6 Å². The number of hydrogen-bond donors (Lipinski definition) is 2. The molecule has 1 amide bonds. The Morgan fingerprint density at radius 1 is 1.32 bits per heavy atom. The van der Waals surface area contributed by atoms with Crippen molar-refractivity contribution in [1.82, 2.24) is 5.32 Å². The highest BCUT2D eigenvalue weighted by Crippen LogP contribution is 2.20. The molecular formula is C15H17NO2S. The van der Waals surface area contributed by atoms with Crippen LogP contribution in [0.2, 0.25) is 0 Å². The van der Waals surface area contributed by atoms with Crippen molar-refractivity contribution in [3.05, 3.63) is 57.3 Å². The van der Waals surface area contributed by atoms with E-state index < -0.39 is 6.10 Å². The van der Waals surface area contributed by atoms with Crippen molar-refractivity contribution in [2.45, 2.75) is 20.0 Å². The van der Waals surface area contributed by atoms with Crippen molar-refractivity contribution in [3.8, 4) is 0 Å². The van der Waals surface area contributed by atoms with Crippen molar-refractivity contribution in [2.75, 3.05) is 6.54 Å². The molecule has 0 aliphatic heterocycles. The minimum absolute atomic E-state index is 0.129. The average molecular weight is 275 g/mol. The van der Waals surface area contributed by atoms with E-state index in [1.165, 1.54) is 11.3 Å². The van der Waals surface area contributed by atoms with Gasteiger partial charge >= 0.3 is 0 Å². The average Bonchev–Trinajstić information content (AvgIpc) is 2.77. The van der Waals surface area contributed by atoms with Crippen LogP contribution in [0.3, 0.4) is 0 Å². The maximum Gasteiger partial charge on any atom is 0.261 e. The normalized spacial score (nSPS) is 12.2. The minimum atomic E-state index is -0.674. The summed E-state index contributed by atoms with van der Waals surface area (Å²) in [6, 6.07) is 11.2. The van der Waals surface area contributed by atoms with E-state index in [1.807, 2.05) is 50.2 Å². The van der Waals surface area contributed by atoms with Crippen molar-refractivity contribution in [3.63, 3.8) is 0 Å². The molecule has 0 aliphatic carbocycles. The third kappa shape index (κ3) is 3.43. The van der Waals surface area contributed by atoms with Crippen molar-refractivity contribution < 1.29 is 9.90 Å². The number of aliphatic hydroxyl groups is 1. The number of aliphatic hydroxyl groups excluding tert-OH is 1. The molecule has 1 heterocycles. The summed E-state index contributed by atoms with van der Waals surface area (Å²) < 4.78 is 0. The minimum Gasteiger partial charge on any atom is -0.387 e. The lowest BCUT2D eigenvalue weighted by molar-refractivity contribution is 0.0920. The van der Waals surface area contributed by atoms with Crippen LogP contribution in [0.4, 0.5) is 0 Å². The van der Waals surface area contributed by atoms with Crippen LogP contribution in [-0.2, 0) is 0 Å². The Morgan fingerprint density at radius 3 is 2.58 bits per heavy atom. The lowest BCUT2D eigenvalue weighted by Crippen LogP contribution is -2.27. The number of rotatable bonds is 4. The molecule has 100 valence electrons. The first kappa shape index (κ1) is 13.8. The Morgan fingerprint density at radius 2 is 2.00 bits per heavy atom. The summed E-state index contributed by atoms with van der Waals surface area (Å²) in [6.45, 7) is 4.20. The molecule has 0 unspecified atom stereocenters. The van der Waals surface area contributed by atoms with Gasteiger partial charge in [0.15, 0.2) is 0 Å². The van der Waals surface area contributed by atoms with Gasteiger partial charge in [0.1, 0.15) is 0 Å². The van der Waals surface area contributed by atoms with E-state index in [0.717, 1.165) is 16.0 Å². The number of nitrogens with one attached hydrogen (secondary N) is 1. The molecule has 0 saturated heterocycles. The van der Waals surface area contributed by atoms with E-state index in [2.05, 4.69) is 5.32 Å². The van der Waals surface area contributed by atoms with Gasteiger partial charge in [-0.1, -0.05) is 30.3 Å². The van der Waals surface area contributed by atoms with Crippen LogP contribution in [0.1, 0.15) is 31.8 Å². The molecule has 2 rings (SSSR count). The van der Waals surface area contributed by atoms with Crippen molar-refractivity contribution >= 4 is 17.2 Å². The number of hydrogen-bond acceptors (Lipinski definition) is 3. The fraction of sp³-hybridized carbons (Fsp3) is 0.267. The van der Waals surface area contributed by atoms with Gasteiger partial charge in [0.05, 0.1) is 11.0 Å². The number of thiophene rings is 1. The summed E-state index contributed by atoms with van der Waals surface area (Å²) in [4.78, 5) is 13.8. The molecule has 4 heteroatoms. The molecule has 0 saturated carbocycles. The van der Waals surface area contributed by atoms with Gasteiger partial charge in [-0.25, -0.2) is 0 Å². The first-order valence-corrected chi connectivity index (χ1v) is 6.98. The van der Waals surface area contributed by atoms with Crippen LogP contribution in [0.15, 0.2) is 36.4 Å². The van der Waals surface area contributed by atoms with Crippen LogP contribution < -0.4 is 5.32 Å². The van der Waals surface area contributed by atoms with Gasteiger partial charge < -0.3 is 10.4 Å². The van der Waals surface area contributed by atoms with Gasteiger partial charge in [0.2, 0.25) is 0 Å². The first-order valence-electron chi connectivity index (χ1n) is 6.16. The van der Waals surface area contributed by atoms with Gasteiger partial charge in [0.25, 0.3) is 5.91 Å². The van der Waals surface area contributed by atoms with Crippen LogP contribution >= 0.6 is 11.3 Å². The summed E-state index contributed by atoms with van der Waals surface area (Å²) in [5, 5.41) is 12.7. The van der Waals surface area contributed by atoms with E-state index in [4.69, 9.17) is 0 Å². The van der Waals surface area contributed by atoms with E-state index in [9.17, 15) is 9.90 Å². The maximum absolute atomic E-state index is 11.9. The number of benzene rings is 1. The van der Waals surface area contributed by atoms with E-state index in [-0.39, 0.29) is 12.5 Å². The molecule has 1 aromatic carbocycles. The third-order valence-electron chi connectivity index (χ3n) is 3.03. The Balaban J connectivity index is 1.94. The molecule has 0 radical (unpaired) electrons. The highest BCUT2D eigenvalue weighted by molar-refractivity contribution is 7.14. The Bertz CT molecular complexity index is 543. The van der Waals surface area contributed by atoms with Gasteiger partial charge in [-0.3, -0.25) is 4.79 Å². The molecule has 0 fully saturated rings. The predicted octanol–water partition coefficient (Wildman–Crippen LogP) is 2.83. The molecule has 2 N–H and O–H groups in total. The molecular weight excluding hydrogens is 258 g/mol. The fourth-order valence-electron chi connectivity index (χ4n) is 1.75. The first-order chi connectivity index (χ1) is 9.08. The van der Waals surface area contributed by atoms with Gasteiger partial charge in [-0.2, -0.15) is 0 Å². The number of amides is 1. The second kappa shape index (κ2) is 5.99. The monoisotopic (exact) mass is 275 g/mol. The number of carbonyl (C=O) groups excluding carboxylic acids is 1. The summed E-state index contributed by atoms with van der Waals surface area (Å²) in [5.41, 5.74) is 1.93. The van der Waals surface area contributed by atoms with Gasteiger partial charge in [-0.15, -0.1) is 11.3 Å². The van der Waals surface area contributed by atoms with Crippen molar-refractivity contribution in [2.24, 2.45) is 0 Å². The molecule has 0 bridgehead atoms. The Labute approximate surface area is 116 Å². The SMILES string of the molecule is Cc1cc(C(=O)NC[C@@H](O)c2ccccc2)sc1C. The summed E-state index contributed by atoms with van der Waals surface area (Å²) in [7, 11) is 0. The molecule has 3 nitrogen and oxygen atoms in total. The topological polar surface area (TPSA) is 49.3 Å². The molecule has 0 spiro atoms. The molecule has 2 aromatic rings. The lowest BCUT2D eigenvalue weighted by Gasteiger charge is -2.11. The zero-order valence-electron chi connectivity index (χ0n) is 11.0. The number of aryl methyl sites for hydroxylation is 2. The molecule has 19 heavy (non-hydrogen) atoms. The maximum atomic E-state index is 11.9. The molecule has 0 aliphatic rings. The molecule has 1 aromatic heterocycles. The Kier molecular flexibility index (Phi) is 4.35.